The van der Waals surface area contributed by atoms with Gasteiger partial charge in [0.05, 0.1) is 38.0 Å². The van der Waals surface area contributed by atoms with E-state index in [1.54, 1.807) is 0 Å². The van der Waals surface area contributed by atoms with Crippen molar-refractivity contribution in [1.82, 2.24) is 10.2 Å². The molecule has 0 spiro atoms. The van der Waals surface area contributed by atoms with Crippen molar-refractivity contribution in [3.8, 4) is 11.5 Å². The van der Waals surface area contributed by atoms with Crippen molar-refractivity contribution in [1.29, 1.82) is 0 Å². The van der Waals surface area contributed by atoms with Gasteiger partial charge < -0.3 is 19.5 Å². The number of hydrogen-bond acceptors (Lipinski definition) is 5. The number of fused-ring (bicyclic) bond motifs is 1. The first-order chi connectivity index (χ1) is 12.9. The number of ether oxygens (including phenoxy) is 3. The predicted octanol–water partition coefficient (Wildman–Crippen LogP) is 2.77. The molecule has 1 aromatic rings. The Balaban J connectivity index is 1.67. The van der Waals surface area contributed by atoms with Crippen LogP contribution in [0.4, 0.5) is 0 Å². The van der Waals surface area contributed by atoms with E-state index in [1.165, 1.54) is 0 Å². The highest BCUT2D eigenvalue weighted by Crippen LogP contribution is 2.34. The Kier molecular flexibility index (Phi) is 6.60. The van der Waals surface area contributed by atoms with Crippen LogP contribution >= 0.6 is 0 Å². The number of rotatable bonds is 5. The van der Waals surface area contributed by atoms with Crippen molar-refractivity contribution in [3.63, 3.8) is 0 Å². The number of benzene rings is 1. The number of carbonyl (C=O) groups is 1. The van der Waals surface area contributed by atoms with Gasteiger partial charge in [0.25, 0.3) is 0 Å². The molecular formula is C21H32N2O4. The van der Waals surface area contributed by atoms with E-state index < -0.39 is 0 Å². The van der Waals surface area contributed by atoms with Crippen LogP contribution in [0.2, 0.25) is 0 Å². The molecule has 2 heterocycles. The summed E-state index contributed by atoms with van der Waals surface area (Å²) >= 11 is 0. The second-order valence-electron chi connectivity index (χ2n) is 8.00. The van der Waals surface area contributed by atoms with Gasteiger partial charge in [-0.05, 0) is 37.5 Å². The highest BCUT2D eigenvalue weighted by Gasteiger charge is 2.26. The van der Waals surface area contributed by atoms with Crippen molar-refractivity contribution in [2.24, 2.45) is 5.92 Å². The fourth-order valence-corrected chi connectivity index (χ4v) is 3.84. The Hall–Kier alpha value is -1.79. The van der Waals surface area contributed by atoms with Crippen LogP contribution in [0.1, 0.15) is 45.7 Å². The van der Waals surface area contributed by atoms with Crippen LogP contribution in [0.5, 0.6) is 11.5 Å². The lowest BCUT2D eigenvalue weighted by Crippen LogP contribution is -2.49. The summed E-state index contributed by atoms with van der Waals surface area (Å²) < 4.78 is 17.3. The lowest BCUT2D eigenvalue weighted by molar-refractivity contribution is -0.127. The molecule has 3 atom stereocenters. The normalized spacial score (nSPS) is 24.3. The molecule has 2 aliphatic heterocycles. The van der Waals surface area contributed by atoms with Crippen molar-refractivity contribution in [3.05, 3.63) is 23.8 Å². The molecule has 1 aromatic carbocycles. The number of carbonyl (C=O) groups excluding carboxylic acids is 1. The van der Waals surface area contributed by atoms with Gasteiger partial charge in [0, 0.05) is 19.5 Å². The lowest BCUT2D eigenvalue weighted by atomic mass is 9.95. The molecule has 2 aliphatic rings. The van der Waals surface area contributed by atoms with Crippen LogP contribution < -0.4 is 14.8 Å². The van der Waals surface area contributed by atoms with Gasteiger partial charge >= 0.3 is 0 Å². The van der Waals surface area contributed by atoms with E-state index in [-0.39, 0.29) is 30.1 Å². The summed E-state index contributed by atoms with van der Waals surface area (Å²) in [7, 11) is 0. The van der Waals surface area contributed by atoms with Crippen molar-refractivity contribution < 1.29 is 19.0 Å². The molecule has 3 rings (SSSR count). The van der Waals surface area contributed by atoms with Crippen molar-refractivity contribution >= 4 is 5.91 Å². The summed E-state index contributed by atoms with van der Waals surface area (Å²) in [5, 5.41) is 3.21. The molecule has 1 N–H and O–H groups in total. The molecule has 0 radical (unpaired) electrons. The average Bonchev–Trinajstić information content (AvgIpc) is 2.83. The molecule has 1 fully saturated rings. The summed E-state index contributed by atoms with van der Waals surface area (Å²) in [5.74, 6) is 1.85. The van der Waals surface area contributed by atoms with E-state index in [2.05, 4.69) is 37.9 Å². The Labute approximate surface area is 162 Å². The molecule has 0 saturated carbocycles. The van der Waals surface area contributed by atoms with E-state index in [0.717, 1.165) is 36.6 Å². The summed E-state index contributed by atoms with van der Waals surface area (Å²) in [4.78, 5) is 14.9. The van der Waals surface area contributed by atoms with Gasteiger partial charge in [-0.3, -0.25) is 9.69 Å². The highest BCUT2D eigenvalue weighted by molar-refractivity contribution is 5.78. The van der Waals surface area contributed by atoms with Gasteiger partial charge in [0.2, 0.25) is 5.91 Å². The van der Waals surface area contributed by atoms with Crippen molar-refractivity contribution in [2.45, 2.75) is 52.4 Å². The first-order valence-electron chi connectivity index (χ1n) is 9.99. The Morgan fingerprint density at radius 1 is 1.15 bits per heavy atom. The molecule has 6 heteroatoms. The van der Waals surface area contributed by atoms with Crippen molar-refractivity contribution in [2.75, 3.05) is 32.8 Å². The smallest absolute Gasteiger partial charge is 0.234 e. The Morgan fingerprint density at radius 3 is 2.48 bits per heavy atom. The van der Waals surface area contributed by atoms with Crippen LogP contribution in [0.3, 0.4) is 0 Å². The molecule has 0 aliphatic carbocycles. The van der Waals surface area contributed by atoms with E-state index in [0.29, 0.717) is 19.8 Å². The number of morpholine rings is 1. The lowest BCUT2D eigenvalue weighted by Gasteiger charge is -2.35. The maximum absolute atomic E-state index is 12.7. The standard InChI is InChI=1S/C21H32N2O4/c1-14(2)21(17-6-7-18-19(10-17)26-9-5-8-25-18)22-20(24)13-23-11-15(3)27-16(4)12-23/h6-7,10,14-16,21H,5,8-9,11-13H2,1-4H3,(H,22,24). The predicted molar refractivity (Wildman–Crippen MR) is 104 cm³/mol. The van der Waals surface area contributed by atoms with E-state index in [4.69, 9.17) is 14.2 Å². The maximum atomic E-state index is 12.7. The first kappa shape index (κ1) is 20.0. The SMILES string of the molecule is CC1CN(CC(=O)NC(c2ccc3c(c2)OCCCO3)C(C)C)CC(C)O1. The minimum atomic E-state index is -0.0643. The van der Waals surface area contributed by atoms with E-state index in [9.17, 15) is 4.79 Å². The zero-order valence-electron chi connectivity index (χ0n) is 16.9. The number of amides is 1. The number of hydrogen-bond donors (Lipinski definition) is 1. The second kappa shape index (κ2) is 8.93. The Morgan fingerprint density at radius 2 is 1.81 bits per heavy atom. The average molecular weight is 376 g/mol. The van der Waals surface area contributed by atoms with E-state index in [1.807, 2.05) is 18.2 Å². The zero-order valence-corrected chi connectivity index (χ0v) is 16.9. The molecule has 3 unspecified atom stereocenters. The third-order valence-corrected chi connectivity index (χ3v) is 4.98. The molecule has 27 heavy (non-hydrogen) atoms. The quantitative estimate of drug-likeness (QED) is 0.856. The molecule has 1 amide bonds. The first-order valence-corrected chi connectivity index (χ1v) is 9.99. The summed E-state index contributed by atoms with van der Waals surface area (Å²) in [6, 6.07) is 5.91. The third-order valence-electron chi connectivity index (χ3n) is 4.98. The van der Waals surface area contributed by atoms with Gasteiger partial charge in [0.1, 0.15) is 0 Å². The van der Waals surface area contributed by atoms with Gasteiger partial charge in [0.15, 0.2) is 11.5 Å². The number of nitrogens with one attached hydrogen (secondary N) is 1. The minimum absolute atomic E-state index is 0.0436. The summed E-state index contributed by atoms with van der Waals surface area (Å²) in [6.07, 6.45) is 1.19. The maximum Gasteiger partial charge on any atom is 0.234 e. The van der Waals surface area contributed by atoms with Crippen LogP contribution in [-0.4, -0.2) is 55.9 Å². The minimum Gasteiger partial charge on any atom is -0.490 e. The summed E-state index contributed by atoms with van der Waals surface area (Å²) in [5.41, 5.74) is 1.05. The number of nitrogens with zero attached hydrogens (tertiary/aromatic N) is 1. The third kappa shape index (κ3) is 5.36. The topological polar surface area (TPSA) is 60.0 Å². The Bertz CT molecular complexity index is 639. The van der Waals surface area contributed by atoms with Crippen LogP contribution in [0, 0.1) is 5.92 Å². The van der Waals surface area contributed by atoms with Gasteiger partial charge in [-0.25, -0.2) is 0 Å². The molecule has 6 nitrogen and oxygen atoms in total. The van der Waals surface area contributed by atoms with Crippen LogP contribution in [-0.2, 0) is 9.53 Å². The largest absolute Gasteiger partial charge is 0.490 e. The van der Waals surface area contributed by atoms with Crippen LogP contribution in [0.25, 0.3) is 0 Å². The zero-order chi connectivity index (χ0) is 19.4. The highest BCUT2D eigenvalue weighted by atomic mass is 16.5. The van der Waals surface area contributed by atoms with Crippen LogP contribution in [0.15, 0.2) is 18.2 Å². The van der Waals surface area contributed by atoms with Gasteiger partial charge in [-0.1, -0.05) is 19.9 Å². The fourth-order valence-electron chi connectivity index (χ4n) is 3.84. The van der Waals surface area contributed by atoms with Gasteiger partial charge in [-0.2, -0.15) is 0 Å². The molecule has 0 aromatic heterocycles. The molecule has 1 saturated heterocycles. The van der Waals surface area contributed by atoms with Gasteiger partial charge in [-0.15, -0.1) is 0 Å². The second-order valence-corrected chi connectivity index (χ2v) is 8.00. The molecule has 150 valence electrons. The summed E-state index contributed by atoms with van der Waals surface area (Å²) in [6.45, 7) is 11.6. The van der Waals surface area contributed by atoms with E-state index >= 15 is 0 Å². The molecular weight excluding hydrogens is 344 g/mol. The molecule has 0 bridgehead atoms. The fraction of sp³-hybridized carbons (Fsp3) is 0.667. The monoisotopic (exact) mass is 376 g/mol.